The Balaban J connectivity index is 2.20. The molecule has 0 saturated heterocycles. The van der Waals surface area contributed by atoms with Crippen LogP contribution in [0.2, 0.25) is 15.1 Å². The topological polar surface area (TPSA) is 55.1 Å². The van der Waals surface area contributed by atoms with Crippen molar-refractivity contribution in [1.82, 2.24) is 9.78 Å². The number of hydrogen-bond donors (Lipinski definition) is 1. The van der Waals surface area contributed by atoms with E-state index in [1.807, 2.05) is 0 Å². The molecule has 4 nitrogen and oxygen atoms in total. The Morgan fingerprint density at radius 2 is 1.65 bits per heavy atom. The number of carboxylic acids is 1. The van der Waals surface area contributed by atoms with Gasteiger partial charge in [-0.2, -0.15) is 5.10 Å². The maximum atomic E-state index is 11.3. The second-order valence-electron chi connectivity index (χ2n) is 4.74. The summed E-state index contributed by atoms with van der Waals surface area (Å²) in [6.07, 6.45) is 0. The van der Waals surface area contributed by atoms with Crippen LogP contribution in [0.15, 0.2) is 48.5 Å². The first-order chi connectivity index (χ1) is 11.0. The molecule has 0 radical (unpaired) electrons. The van der Waals surface area contributed by atoms with Crippen LogP contribution in [0.4, 0.5) is 0 Å². The Labute approximate surface area is 146 Å². The summed E-state index contributed by atoms with van der Waals surface area (Å²) in [4.78, 5) is 11.3. The summed E-state index contributed by atoms with van der Waals surface area (Å²) in [5.41, 5.74) is 1.90. The molecule has 3 rings (SSSR count). The highest BCUT2D eigenvalue weighted by molar-refractivity contribution is 6.42. The normalized spacial score (nSPS) is 10.7. The minimum atomic E-state index is -1.11. The van der Waals surface area contributed by atoms with Crippen LogP contribution in [0.1, 0.15) is 10.5 Å². The SMILES string of the molecule is O=C(O)c1cc(-c2ccc(Cl)c(Cl)c2)n(-c2ccc(Cl)cc2)n1. The lowest BCUT2D eigenvalue weighted by Gasteiger charge is -2.08. The van der Waals surface area contributed by atoms with Crippen molar-refractivity contribution in [3.63, 3.8) is 0 Å². The maximum Gasteiger partial charge on any atom is 0.356 e. The van der Waals surface area contributed by atoms with Gasteiger partial charge in [0.2, 0.25) is 0 Å². The summed E-state index contributed by atoms with van der Waals surface area (Å²) >= 11 is 17.9. The van der Waals surface area contributed by atoms with E-state index in [1.165, 1.54) is 10.7 Å². The van der Waals surface area contributed by atoms with Crippen LogP contribution in [-0.4, -0.2) is 20.9 Å². The van der Waals surface area contributed by atoms with Crippen LogP contribution < -0.4 is 0 Å². The Kier molecular flexibility index (Phi) is 4.31. The minimum absolute atomic E-state index is 0.0685. The predicted octanol–water partition coefficient (Wildman–Crippen LogP) is 5.20. The zero-order chi connectivity index (χ0) is 16.6. The highest BCUT2D eigenvalue weighted by Gasteiger charge is 2.16. The standard InChI is InChI=1S/C16H9Cl3N2O2/c17-10-2-4-11(5-3-10)21-15(8-14(20-21)16(22)23)9-1-6-12(18)13(19)7-9/h1-8H,(H,22,23). The third-order valence-electron chi connectivity index (χ3n) is 3.22. The molecule has 1 N–H and O–H groups in total. The van der Waals surface area contributed by atoms with Gasteiger partial charge in [0.05, 0.1) is 21.4 Å². The molecule has 3 aromatic rings. The Morgan fingerprint density at radius 3 is 2.26 bits per heavy atom. The van der Waals surface area contributed by atoms with Crippen molar-refractivity contribution in [3.8, 4) is 16.9 Å². The van der Waals surface area contributed by atoms with Gasteiger partial charge in [0.15, 0.2) is 5.69 Å². The van der Waals surface area contributed by atoms with Crippen molar-refractivity contribution >= 4 is 40.8 Å². The van der Waals surface area contributed by atoms with Crippen molar-refractivity contribution in [2.45, 2.75) is 0 Å². The number of hydrogen-bond acceptors (Lipinski definition) is 2. The number of benzene rings is 2. The van der Waals surface area contributed by atoms with Gasteiger partial charge in [-0.3, -0.25) is 0 Å². The monoisotopic (exact) mass is 366 g/mol. The van der Waals surface area contributed by atoms with Crippen LogP contribution in [0.3, 0.4) is 0 Å². The molecule has 0 spiro atoms. The molecule has 0 fully saturated rings. The molecule has 1 aromatic heterocycles. The first-order valence-corrected chi connectivity index (χ1v) is 7.64. The third kappa shape index (κ3) is 3.20. The molecule has 0 aliphatic carbocycles. The van der Waals surface area contributed by atoms with Crippen molar-refractivity contribution < 1.29 is 9.90 Å². The number of aromatic carboxylic acids is 1. The molecule has 0 saturated carbocycles. The summed E-state index contributed by atoms with van der Waals surface area (Å²) in [5.74, 6) is -1.11. The number of halogens is 3. The smallest absolute Gasteiger partial charge is 0.356 e. The van der Waals surface area contributed by atoms with E-state index in [-0.39, 0.29) is 5.69 Å². The lowest BCUT2D eigenvalue weighted by molar-refractivity contribution is 0.0690. The molecule has 0 amide bonds. The van der Waals surface area contributed by atoms with E-state index in [4.69, 9.17) is 34.8 Å². The van der Waals surface area contributed by atoms with E-state index < -0.39 is 5.97 Å². The van der Waals surface area contributed by atoms with Crippen LogP contribution >= 0.6 is 34.8 Å². The van der Waals surface area contributed by atoms with Gasteiger partial charge in [0.1, 0.15) is 0 Å². The summed E-state index contributed by atoms with van der Waals surface area (Å²) in [6.45, 7) is 0. The molecule has 1 heterocycles. The number of carboxylic acid groups (broad SMARTS) is 1. The molecule has 0 aliphatic heterocycles. The Bertz CT molecular complexity index is 889. The summed E-state index contributed by atoms with van der Waals surface area (Å²) < 4.78 is 1.53. The second-order valence-corrected chi connectivity index (χ2v) is 5.99. The number of carbonyl (C=O) groups is 1. The van der Waals surface area contributed by atoms with E-state index in [9.17, 15) is 9.90 Å². The molecule has 0 atom stereocenters. The molecule has 116 valence electrons. The van der Waals surface area contributed by atoms with Gasteiger partial charge >= 0.3 is 5.97 Å². The number of aromatic nitrogens is 2. The van der Waals surface area contributed by atoms with E-state index in [0.29, 0.717) is 32.0 Å². The number of nitrogens with zero attached hydrogens (tertiary/aromatic N) is 2. The van der Waals surface area contributed by atoms with Gasteiger partial charge in [-0.25, -0.2) is 9.48 Å². The quantitative estimate of drug-likeness (QED) is 0.692. The molecule has 23 heavy (non-hydrogen) atoms. The summed E-state index contributed by atoms with van der Waals surface area (Å²) in [5, 5.41) is 14.7. The van der Waals surface area contributed by atoms with Crippen LogP contribution in [0.25, 0.3) is 16.9 Å². The van der Waals surface area contributed by atoms with Gasteiger partial charge in [-0.15, -0.1) is 0 Å². The first-order valence-electron chi connectivity index (χ1n) is 6.50. The van der Waals surface area contributed by atoms with Crippen LogP contribution in [0.5, 0.6) is 0 Å². The van der Waals surface area contributed by atoms with E-state index in [1.54, 1.807) is 42.5 Å². The van der Waals surface area contributed by atoms with Crippen molar-refractivity contribution in [3.05, 3.63) is 69.3 Å². The zero-order valence-corrected chi connectivity index (χ0v) is 13.8. The fourth-order valence-corrected chi connectivity index (χ4v) is 2.55. The lowest BCUT2D eigenvalue weighted by Crippen LogP contribution is -2.02. The highest BCUT2D eigenvalue weighted by Crippen LogP contribution is 2.30. The van der Waals surface area contributed by atoms with Crippen molar-refractivity contribution in [2.24, 2.45) is 0 Å². The molecule has 0 unspecified atom stereocenters. The van der Waals surface area contributed by atoms with Gasteiger partial charge in [0.25, 0.3) is 0 Å². The highest BCUT2D eigenvalue weighted by atomic mass is 35.5. The molecular formula is C16H9Cl3N2O2. The second kappa shape index (κ2) is 6.24. The Morgan fingerprint density at radius 1 is 0.957 bits per heavy atom. The first kappa shape index (κ1) is 15.9. The van der Waals surface area contributed by atoms with E-state index in [2.05, 4.69) is 5.10 Å². The molecule has 0 aliphatic rings. The van der Waals surface area contributed by atoms with Gasteiger partial charge < -0.3 is 5.11 Å². The van der Waals surface area contributed by atoms with Crippen molar-refractivity contribution in [2.75, 3.05) is 0 Å². The third-order valence-corrected chi connectivity index (χ3v) is 4.21. The van der Waals surface area contributed by atoms with Gasteiger partial charge in [-0.05, 0) is 42.5 Å². The summed E-state index contributed by atoms with van der Waals surface area (Å²) in [6, 6.07) is 13.5. The molecule has 7 heteroatoms. The van der Waals surface area contributed by atoms with E-state index >= 15 is 0 Å². The largest absolute Gasteiger partial charge is 0.476 e. The average molecular weight is 368 g/mol. The molecule has 0 bridgehead atoms. The van der Waals surface area contributed by atoms with Gasteiger partial charge in [-0.1, -0.05) is 40.9 Å². The van der Waals surface area contributed by atoms with Crippen LogP contribution in [-0.2, 0) is 0 Å². The average Bonchev–Trinajstić information content (AvgIpc) is 2.96. The lowest BCUT2D eigenvalue weighted by atomic mass is 10.1. The van der Waals surface area contributed by atoms with Crippen LogP contribution in [0, 0.1) is 0 Å². The Hall–Kier alpha value is -2.01. The zero-order valence-electron chi connectivity index (χ0n) is 11.5. The van der Waals surface area contributed by atoms with Gasteiger partial charge in [0, 0.05) is 10.6 Å². The summed E-state index contributed by atoms with van der Waals surface area (Å²) in [7, 11) is 0. The maximum absolute atomic E-state index is 11.3. The number of rotatable bonds is 3. The minimum Gasteiger partial charge on any atom is -0.476 e. The van der Waals surface area contributed by atoms with Crippen molar-refractivity contribution in [1.29, 1.82) is 0 Å². The fraction of sp³-hybridized carbons (Fsp3) is 0. The van der Waals surface area contributed by atoms with E-state index in [0.717, 1.165) is 0 Å². The molecule has 2 aromatic carbocycles. The predicted molar refractivity (Wildman–Crippen MR) is 91.0 cm³/mol. The fourth-order valence-electron chi connectivity index (χ4n) is 2.13. The molecular weight excluding hydrogens is 359 g/mol.